The number of ether oxygens (including phenoxy) is 2. The Kier molecular flexibility index (Phi) is 5.60. The van der Waals surface area contributed by atoms with Gasteiger partial charge in [-0.15, -0.1) is 0 Å². The summed E-state index contributed by atoms with van der Waals surface area (Å²) in [7, 11) is 0. The number of carbonyl (C=O) groups is 1. The van der Waals surface area contributed by atoms with Gasteiger partial charge in [0.2, 0.25) is 0 Å². The summed E-state index contributed by atoms with van der Waals surface area (Å²) in [6.45, 7) is 1.98. The van der Waals surface area contributed by atoms with Crippen molar-refractivity contribution in [3.05, 3.63) is 58.9 Å². The molecule has 0 bridgehead atoms. The van der Waals surface area contributed by atoms with Gasteiger partial charge in [0.25, 0.3) is 0 Å². The normalized spacial score (nSPS) is 23.6. The Bertz CT molecular complexity index is 892. The molecule has 1 atom stereocenters. The maximum absolute atomic E-state index is 13.7. The molecule has 0 aromatic heterocycles. The average Bonchev–Trinajstić information content (AvgIpc) is 2.70. The lowest BCUT2D eigenvalue weighted by atomic mass is 9.93. The minimum atomic E-state index is -0.962. The van der Waals surface area contributed by atoms with Gasteiger partial charge >= 0.3 is 6.09 Å². The van der Waals surface area contributed by atoms with Crippen molar-refractivity contribution in [3.63, 3.8) is 0 Å². The summed E-state index contributed by atoms with van der Waals surface area (Å²) in [6.07, 6.45) is 3.90. The van der Waals surface area contributed by atoms with Gasteiger partial charge < -0.3 is 19.9 Å². The monoisotopic (exact) mass is 399 g/mol. The van der Waals surface area contributed by atoms with Gasteiger partial charge in [-0.25, -0.2) is 9.18 Å². The molecule has 5 nitrogen and oxygen atoms in total. The summed E-state index contributed by atoms with van der Waals surface area (Å²) in [5, 5.41) is 11.4. The number of carboxylic acid groups (broad SMARTS) is 1. The van der Waals surface area contributed by atoms with E-state index in [1.807, 2.05) is 25.1 Å². The fourth-order valence-electron chi connectivity index (χ4n) is 4.31. The predicted molar refractivity (Wildman–Crippen MR) is 107 cm³/mol. The summed E-state index contributed by atoms with van der Waals surface area (Å²) in [5.74, 6) is 1.41. The van der Waals surface area contributed by atoms with E-state index in [0.717, 1.165) is 66.7 Å². The Balaban J connectivity index is 1.38. The van der Waals surface area contributed by atoms with E-state index < -0.39 is 6.09 Å². The average molecular weight is 399 g/mol. The molecule has 1 unspecified atom stereocenters. The van der Waals surface area contributed by atoms with Crippen LogP contribution < -0.4 is 14.8 Å². The fraction of sp³-hybridized carbons (Fsp3) is 0.435. The standard InChI is InChI=1S/C23H26FNO4/c1-14-2-4-16(24)13-20(14)22-10-3-15-12-19(9-11-21(15)29-22)28-18-7-5-17(6-8-18)25-23(26)27/h2,4,9,11-13,17-18,22,25H,3,5-8,10H2,1H3,(H,26,27). The molecule has 2 aliphatic rings. The van der Waals surface area contributed by atoms with E-state index in [1.54, 1.807) is 12.1 Å². The van der Waals surface area contributed by atoms with Gasteiger partial charge in [-0.2, -0.15) is 0 Å². The predicted octanol–water partition coefficient (Wildman–Crippen LogP) is 5.16. The summed E-state index contributed by atoms with van der Waals surface area (Å²) >= 11 is 0. The van der Waals surface area contributed by atoms with Crippen LogP contribution in [0.2, 0.25) is 0 Å². The molecule has 1 heterocycles. The highest BCUT2D eigenvalue weighted by molar-refractivity contribution is 5.64. The number of rotatable bonds is 4. The molecule has 2 N–H and O–H groups in total. The third-order valence-electron chi connectivity index (χ3n) is 5.87. The van der Waals surface area contributed by atoms with Crippen LogP contribution in [0.3, 0.4) is 0 Å². The van der Waals surface area contributed by atoms with Crippen molar-refractivity contribution in [2.24, 2.45) is 0 Å². The molecule has 0 radical (unpaired) electrons. The zero-order valence-corrected chi connectivity index (χ0v) is 16.5. The number of halogens is 1. The number of aryl methyl sites for hydroxylation is 2. The van der Waals surface area contributed by atoms with Crippen LogP contribution in [0.4, 0.5) is 9.18 Å². The van der Waals surface area contributed by atoms with E-state index in [4.69, 9.17) is 14.6 Å². The van der Waals surface area contributed by atoms with E-state index in [0.29, 0.717) is 0 Å². The number of amides is 1. The number of hydrogen-bond donors (Lipinski definition) is 2. The van der Waals surface area contributed by atoms with Crippen LogP contribution in [0, 0.1) is 12.7 Å². The van der Waals surface area contributed by atoms with Crippen molar-refractivity contribution < 1.29 is 23.8 Å². The zero-order valence-electron chi connectivity index (χ0n) is 16.5. The van der Waals surface area contributed by atoms with E-state index in [1.165, 1.54) is 6.07 Å². The number of benzene rings is 2. The van der Waals surface area contributed by atoms with Gasteiger partial charge in [0.1, 0.15) is 23.4 Å². The van der Waals surface area contributed by atoms with Gasteiger partial charge in [0.15, 0.2) is 0 Å². The molecule has 2 aromatic rings. The van der Waals surface area contributed by atoms with Crippen LogP contribution in [-0.4, -0.2) is 23.3 Å². The molecule has 0 spiro atoms. The van der Waals surface area contributed by atoms with Crippen LogP contribution in [-0.2, 0) is 6.42 Å². The first kappa shape index (κ1) is 19.6. The van der Waals surface area contributed by atoms with Crippen LogP contribution in [0.1, 0.15) is 54.9 Å². The second kappa shape index (κ2) is 8.31. The highest BCUT2D eigenvalue weighted by Gasteiger charge is 2.26. The highest BCUT2D eigenvalue weighted by Crippen LogP contribution is 2.38. The molecule has 2 aromatic carbocycles. The maximum Gasteiger partial charge on any atom is 0.404 e. The number of nitrogens with one attached hydrogen (secondary N) is 1. The first-order valence-corrected chi connectivity index (χ1v) is 10.2. The summed E-state index contributed by atoms with van der Waals surface area (Å²) in [5.41, 5.74) is 3.05. The highest BCUT2D eigenvalue weighted by atomic mass is 19.1. The maximum atomic E-state index is 13.7. The van der Waals surface area contributed by atoms with E-state index in [-0.39, 0.29) is 24.1 Å². The van der Waals surface area contributed by atoms with Crippen molar-refractivity contribution in [2.45, 2.75) is 63.7 Å². The van der Waals surface area contributed by atoms with Crippen molar-refractivity contribution >= 4 is 6.09 Å². The van der Waals surface area contributed by atoms with Crippen molar-refractivity contribution in [3.8, 4) is 11.5 Å². The molecule has 4 rings (SSSR count). The Morgan fingerprint density at radius 2 is 1.93 bits per heavy atom. The molecule has 6 heteroatoms. The lowest BCUT2D eigenvalue weighted by Crippen LogP contribution is -2.38. The lowest BCUT2D eigenvalue weighted by Gasteiger charge is -2.30. The quantitative estimate of drug-likeness (QED) is 0.745. The zero-order chi connectivity index (χ0) is 20.4. The molecule has 154 valence electrons. The summed E-state index contributed by atoms with van der Waals surface area (Å²) in [6, 6.07) is 10.7. The van der Waals surface area contributed by atoms with Crippen LogP contribution in [0.15, 0.2) is 36.4 Å². The SMILES string of the molecule is Cc1ccc(F)cc1C1CCc2cc(OC3CCC(NC(=O)O)CC3)ccc2O1. The van der Waals surface area contributed by atoms with Gasteiger partial charge in [-0.3, -0.25) is 0 Å². The third-order valence-corrected chi connectivity index (χ3v) is 5.87. The van der Waals surface area contributed by atoms with E-state index >= 15 is 0 Å². The van der Waals surface area contributed by atoms with Crippen molar-refractivity contribution in [2.75, 3.05) is 0 Å². The largest absolute Gasteiger partial charge is 0.490 e. The number of hydrogen-bond acceptors (Lipinski definition) is 3. The van der Waals surface area contributed by atoms with Crippen LogP contribution in [0.5, 0.6) is 11.5 Å². The van der Waals surface area contributed by atoms with Gasteiger partial charge in [0, 0.05) is 6.04 Å². The summed E-state index contributed by atoms with van der Waals surface area (Å²) in [4.78, 5) is 10.8. The smallest absolute Gasteiger partial charge is 0.404 e. The second-order valence-electron chi connectivity index (χ2n) is 7.96. The van der Waals surface area contributed by atoms with Crippen LogP contribution >= 0.6 is 0 Å². The van der Waals surface area contributed by atoms with E-state index in [9.17, 15) is 9.18 Å². The molecule has 1 saturated carbocycles. The third kappa shape index (κ3) is 4.63. The fourth-order valence-corrected chi connectivity index (χ4v) is 4.31. The number of fused-ring (bicyclic) bond motifs is 1. The second-order valence-corrected chi connectivity index (χ2v) is 7.96. The Morgan fingerprint density at radius 3 is 2.69 bits per heavy atom. The molecule has 1 aliphatic heterocycles. The molecule has 0 saturated heterocycles. The van der Waals surface area contributed by atoms with Gasteiger partial charge in [-0.1, -0.05) is 6.07 Å². The summed E-state index contributed by atoms with van der Waals surface area (Å²) < 4.78 is 26.0. The molecule has 29 heavy (non-hydrogen) atoms. The molecular formula is C23H26FNO4. The Labute approximate surface area is 169 Å². The molecule has 1 amide bonds. The van der Waals surface area contributed by atoms with Crippen LogP contribution in [0.25, 0.3) is 0 Å². The minimum Gasteiger partial charge on any atom is -0.490 e. The molecule has 1 aliphatic carbocycles. The van der Waals surface area contributed by atoms with E-state index in [2.05, 4.69) is 5.32 Å². The minimum absolute atomic E-state index is 0.0208. The van der Waals surface area contributed by atoms with Crippen molar-refractivity contribution in [1.82, 2.24) is 5.32 Å². The lowest BCUT2D eigenvalue weighted by molar-refractivity contribution is 0.133. The Morgan fingerprint density at radius 1 is 1.14 bits per heavy atom. The first-order chi connectivity index (χ1) is 14.0. The first-order valence-electron chi connectivity index (χ1n) is 10.2. The molecule has 1 fully saturated rings. The Hall–Kier alpha value is -2.76. The topological polar surface area (TPSA) is 67.8 Å². The van der Waals surface area contributed by atoms with Gasteiger partial charge in [0.05, 0.1) is 6.10 Å². The van der Waals surface area contributed by atoms with Gasteiger partial charge in [-0.05, 0) is 92.5 Å². The molecular weight excluding hydrogens is 373 g/mol. The van der Waals surface area contributed by atoms with Crippen molar-refractivity contribution in [1.29, 1.82) is 0 Å².